The van der Waals surface area contributed by atoms with E-state index in [1.807, 2.05) is 67.1 Å². The van der Waals surface area contributed by atoms with Crippen LogP contribution < -0.4 is 10.6 Å². The number of nitrogens with one attached hydrogen (secondary N) is 2. The van der Waals surface area contributed by atoms with Crippen LogP contribution in [0.15, 0.2) is 45.3 Å². The molecule has 5 amide bonds. The number of amides is 5. The highest BCUT2D eigenvalue weighted by atomic mass is 79.9. The number of fused-ring (bicyclic) bond motifs is 1. The monoisotopic (exact) mass is 829 g/mol. The van der Waals surface area contributed by atoms with Crippen molar-refractivity contribution in [2.45, 2.75) is 76.7 Å². The van der Waals surface area contributed by atoms with Gasteiger partial charge in [-0.05, 0) is 81.5 Å². The van der Waals surface area contributed by atoms with Gasteiger partial charge in [0, 0.05) is 85.5 Å². The van der Waals surface area contributed by atoms with Crippen LogP contribution >= 0.6 is 31.9 Å². The number of piperazine rings is 1. The lowest BCUT2D eigenvalue weighted by Crippen LogP contribution is -2.61. The average Bonchev–Trinajstić information content (AvgIpc) is 3.13. The number of urea groups is 2. The Hall–Kier alpha value is -3.20. The SMILES string of the molecule is CCOC(=O)C1CN(C)CCN1C1CCN(C(=O)C(Cc2cc(Br)c(C)c(Br)c2)NC(=O)N2CCC(N3Cc4ccccc4NC3=O)CC2)CC1. The van der Waals surface area contributed by atoms with Crippen molar-refractivity contribution in [3.63, 3.8) is 0 Å². The summed E-state index contributed by atoms with van der Waals surface area (Å²) in [5.74, 6) is -0.289. The van der Waals surface area contributed by atoms with Gasteiger partial charge in [-0.1, -0.05) is 50.1 Å². The molecule has 2 N–H and O–H groups in total. The van der Waals surface area contributed by atoms with Gasteiger partial charge in [0.2, 0.25) is 5.91 Å². The molecule has 12 nitrogen and oxygen atoms in total. The van der Waals surface area contributed by atoms with Crippen molar-refractivity contribution in [1.82, 2.24) is 29.8 Å². The van der Waals surface area contributed by atoms with E-state index in [0.717, 1.165) is 57.3 Å². The van der Waals surface area contributed by atoms with E-state index in [-0.39, 0.29) is 42.1 Å². The summed E-state index contributed by atoms with van der Waals surface area (Å²) in [6.07, 6.45) is 3.15. The van der Waals surface area contributed by atoms with Gasteiger partial charge in [0.15, 0.2) is 0 Å². The van der Waals surface area contributed by atoms with E-state index < -0.39 is 6.04 Å². The van der Waals surface area contributed by atoms with Gasteiger partial charge in [0.25, 0.3) is 0 Å². The molecule has 2 aromatic rings. The Bertz CT molecular complexity index is 1590. The lowest BCUT2D eigenvalue weighted by atomic mass is 9.97. The standard InChI is InChI=1S/C37H49Br2N7O5/c1-4-51-35(48)33-23-42(3)17-18-45(33)27-9-13-43(14-10-27)34(47)32(21-25-19-29(38)24(2)30(39)20-25)41-36(49)44-15-11-28(12-16-44)46-22-26-7-5-6-8-31(26)40-37(46)50/h5-8,19-20,27-28,32-33H,4,9-18,21-23H2,1-3H3,(H,40,50)(H,41,49). The summed E-state index contributed by atoms with van der Waals surface area (Å²) in [6, 6.07) is 10.6. The highest BCUT2D eigenvalue weighted by molar-refractivity contribution is 9.11. The summed E-state index contributed by atoms with van der Waals surface area (Å²) >= 11 is 7.29. The number of piperidine rings is 2. The zero-order valence-corrected chi connectivity index (χ0v) is 32.9. The van der Waals surface area contributed by atoms with Crippen LogP contribution in [0.4, 0.5) is 15.3 Å². The Morgan fingerprint density at radius 3 is 2.27 bits per heavy atom. The van der Waals surface area contributed by atoms with Crippen molar-refractivity contribution in [2.75, 3.05) is 64.8 Å². The normalized spacial score (nSPS) is 21.5. The number of rotatable bonds is 8. The van der Waals surface area contributed by atoms with Gasteiger partial charge in [-0.15, -0.1) is 0 Å². The number of carbonyl (C=O) groups excluding carboxylic acids is 4. The fourth-order valence-electron chi connectivity index (χ4n) is 7.85. The molecule has 2 aromatic carbocycles. The molecule has 0 aliphatic carbocycles. The minimum absolute atomic E-state index is 0.0205. The van der Waals surface area contributed by atoms with Crippen LogP contribution in [0.1, 0.15) is 49.3 Å². The van der Waals surface area contributed by atoms with E-state index in [0.29, 0.717) is 65.1 Å². The first-order valence-corrected chi connectivity index (χ1v) is 19.7. The van der Waals surface area contributed by atoms with Gasteiger partial charge in [0.05, 0.1) is 6.61 Å². The van der Waals surface area contributed by atoms with Crippen molar-refractivity contribution in [2.24, 2.45) is 0 Å². The largest absolute Gasteiger partial charge is 0.465 e. The topological polar surface area (TPSA) is 118 Å². The van der Waals surface area contributed by atoms with Crippen LogP contribution in [-0.2, 0) is 27.3 Å². The number of ether oxygens (including phenoxy) is 1. The Labute approximate surface area is 317 Å². The molecule has 0 bridgehead atoms. The van der Waals surface area contributed by atoms with Gasteiger partial charge in [-0.3, -0.25) is 14.5 Å². The van der Waals surface area contributed by atoms with Gasteiger partial charge in [-0.25, -0.2) is 9.59 Å². The van der Waals surface area contributed by atoms with Crippen LogP contribution in [-0.4, -0.2) is 132 Å². The molecule has 51 heavy (non-hydrogen) atoms. The van der Waals surface area contributed by atoms with Crippen LogP contribution in [0.3, 0.4) is 0 Å². The highest BCUT2D eigenvalue weighted by Crippen LogP contribution is 2.30. The Balaban J connectivity index is 1.10. The van der Waals surface area contributed by atoms with E-state index in [1.54, 1.807) is 4.90 Å². The molecule has 0 spiro atoms. The molecular formula is C37H49Br2N7O5. The molecule has 3 fully saturated rings. The van der Waals surface area contributed by atoms with E-state index in [4.69, 9.17) is 4.74 Å². The predicted molar refractivity (Wildman–Crippen MR) is 202 cm³/mol. The van der Waals surface area contributed by atoms with Gasteiger partial charge in [-0.2, -0.15) is 0 Å². The number of halogens is 2. The second-order valence-corrected chi connectivity index (χ2v) is 15.9. The molecule has 0 saturated carbocycles. The zero-order valence-electron chi connectivity index (χ0n) is 29.7. The maximum Gasteiger partial charge on any atom is 0.324 e. The number of hydrogen-bond acceptors (Lipinski definition) is 7. The van der Waals surface area contributed by atoms with E-state index in [1.165, 1.54) is 0 Å². The third-order valence-electron chi connectivity index (χ3n) is 10.9. The summed E-state index contributed by atoms with van der Waals surface area (Å²) < 4.78 is 7.28. The number of esters is 1. The second-order valence-electron chi connectivity index (χ2n) is 14.1. The fourth-order valence-corrected chi connectivity index (χ4v) is 9.13. The first-order valence-electron chi connectivity index (χ1n) is 18.1. The van der Waals surface area contributed by atoms with Crippen LogP contribution in [0.25, 0.3) is 0 Å². The van der Waals surface area contributed by atoms with Crippen molar-refractivity contribution in [1.29, 1.82) is 0 Å². The first kappa shape index (κ1) is 37.6. The second kappa shape index (κ2) is 16.6. The minimum atomic E-state index is -0.756. The lowest BCUT2D eigenvalue weighted by molar-refractivity contribution is -0.154. The number of anilines is 1. The maximum atomic E-state index is 14.3. The Morgan fingerprint density at radius 1 is 0.941 bits per heavy atom. The molecule has 4 heterocycles. The van der Waals surface area contributed by atoms with E-state index in [2.05, 4.69) is 52.3 Å². The van der Waals surface area contributed by atoms with E-state index in [9.17, 15) is 19.2 Å². The Kier molecular flexibility index (Phi) is 12.3. The number of carbonyl (C=O) groups is 4. The van der Waals surface area contributed by atoms with Crippen LogP contribution in [0.2, 0.25) is 0 Å². The number of benzene rings is 2. The molecule has 0 aromatic heterocycles. The number of nitrogens with zero attached hydrogens (tertiary/aromatic N) is 5. The summed E-state index contributed by atoms with van der Waals surface area (Å²) in [4.78, 5) is 63.8. The predicted octanol–water partition coefficient (Wildman–Crippen LogP) is 4.82. The minimum Gasteiger partial charge on any atom is -0.465 e. The molecule has 0 radical (unpaired) electrons. The first-order chi connectivity index (χ1) is 24.5. The third kappa shape index (κ3) is 8.72. The zero-order chi connectivity index (χ0) is 36.2. The molecule has 276 valence electrons. The fraction of sp³-hybridized carbons (Fsp3) is 0.568. The summed E-state index contributed by atoms with van der Waals surface area (Å²) in [7, 11) is 2.03. The lowest BCUT2D eigenvalue weighted by Gasteiger charge is -2.46. The van der Waals surface area contributed by atoms with Gasteiger partial charge < -0.3 is 35.0 Å². The molecule has 4 aliphatic rings. The van der Waals surface area contributed by atoms with Crippen LogP contribution in [0, 0.1) is 6.92 Å². The molecule has 4 aliphatic heterocycles. The molecule has 2 atom stereocenters. The summed E-state index contributed by atoms with van der Waals surface area (Å²) in [6.45, 7) is 9.10. The van der Waals surface area contributed by atoms with Crippen LogP contribution in [0.5, 0.6) is 0 Å². The number of hydrogen-bond donors (Lipinski definition) is 2. The molecule has 2 unspecified atom stereocenters. The number of likely N-dealkylation sites (N-methyl/N-ethyl adjacent to an activating group) is 1. The summed E-state index contributed by atoms with van der Waals surface area (Å²) in [5, 5.41) is 6.11. The van der Waals surface area contributed by atoms with Crippen molar-refractivity contribution >= 4 is 61.5 Å². The molecule has 6 rings (SSSR count). The van der Waals surface area contributed by atoms with Crippen molar-refractivity contribution in [3.8, 4) is 0 Å². The summed E-state index contributed by atoms with van der Waals surface area (Å²) in [5.41, 5.74) is 3.92. The van der Waals surface area contributed by atoms with Crippen molar-refractivity contribution in [3.05, 3.63) is 62.0 Å². The average molecular weight is 832 g/mol. The van der Waals surface area contributed by atoms with Gasteiger partial charge in [0.1, 0.15) is 12.1 Å². The Morgan fingerprint density at radius 2 is 1.59 bits per heavy atom. The van der Waals surface area contributed by atoms with E-state index >= 15 is 0 Å². The molecular weight excluding hydrogens is 782 g/mol. The third-order valence-corrected chi connectivity index (χ3v) is 12.5. The number of likely N-dealkylation sites (tertiary alicyclic amines) is 2. The quantitative estimate of drug-likeness (QED) is 0.367. The number of para-hydroxylation sites is 1. The maximum absolute atomic E-state index is 14.3. The van der Waals surface area contributed by atoms with Crippen molar-refractivity contribution < 1.29 is 23.9 Å². The van der Waals surface area contributed by atoms with Gasteiger partial charge >= 0.3 is 18.0 Å². The smallest absolute Gasteiger partial charge is 0.324 e. The molecule has 3 saturated heterocycles. The molecule has 14 heteroatoms. The highest BCUT2D eigenvalue weighted by Gasteiger charge is 2.40.